The van der Waals surface area contributed by atoms with E-state index >= 15 is 0 Å². The number of unbranched alkanes of at least 4 members (excludes halogenated alkanes) is 2. The molecule has 0 saturated carbocycles. The minimum atomic E-state index is -6.32. The van der Waals surface area contributed by atoms with E-state index in [1.807, 2.05) is 0 Å². The van der Waals surface area contributed by atoms with Crippen molar-refractivity contribution in [2.24, 2.45) is 5.92 Å². The van der Waals surface area contributed by atoms with Crippen molar-refractivity contribution in [1.82, 2.24) is 0 Å². The van der Waals surface area contributed by atoms with Gasteiger partial charge in [0.2, 0.25) is 0 Å². The van der Waals surface area contributed by atoms with Crippen LogP contribution in [-0.2, 0) is 0 Å². The van der Waals surface area contributed by atoms with E-state index in [1.165, 1.54) is 0 Å². The van der Waals surface area contributed by atoms with Crippen LogP contribution in [0.4, 0.5) is 123 Å². The van der Waals surface area contributed by atoms with Crippen LogP contribution in [-0.4, -0.2) is 105 Å². The van der Waals surface area contributed by atoms with Gasteiger partial charge in [0.1, 0.15) is 0 Å². The summed E-state index contributed by atoms with van der Waals surface area (Å²) in [6.07, 6.45) is -64.8. The molecule has 2 atom stereocenters. The van der Waals surface area contributed by atoms with Gasteiger partial charge in [-0.25, -0.2) is 17.6 Å². The van der Waals surface area contributed by atoms with Crippen LogP contribution in [0.5, 0.6) is 0 Å². The van der Waals surface area contributed by atoms with Crippen LogP contribution in [0.3, 0.4) is 0 Å². The molecule has 1 N–H and O–H groups in total. The molecule has 2 unspecified atom stereocenters. The number of halogens is 30. The molecule has 33 heteroatoms. The van der Waals surface area contributed by atoms with Crippen LogP contribution in [0.2, 0.25) is 0 Å². The van der Waals surface area contributed by atoms with Crippen LogP contribution in [0.15, 0.2) is 13.2 Å². The van der Waals surface area contributed by atoms with Crippen LogP contribution in [0, 0.1) is 10.3 Å². The fraction of sp³-hybridized carbons (Fsp3) is 0.929. The van der Waals surface area contributed by atoms with E-state index in [9.17, 15) is 123 Å². The molecule has 0 spiro atoms. The van der Waals surface area contributed by atoms with Crippen molar-refractivity contribution in [2.45, 2.75) is 147 Å². The molecular formula is C28H31AlBF28I2N. The zero-order valence-corrected chi connectivity index (χ0v) is 35.5. The van der Waals surface area contributed by atoms with Crippen LogP contribution >= 0.6 is 45.2 Å². The van der Waals surface area contributed by atoms with E-state index in [2.05, 4.69) is 13.2 Å². The zero-order chi connectivity index (χ0) is 49.6. The number of hydrogen-bond acceptors (Lipinski definition) is 1. The van der Waals surface area contributed by atoms with E-state index < -0.39 is 153 Å². The van der Waals surface area contributed by atoms with Gasteiger partial charge in [-0.1, -0.05) is 64.4 Å². The minimum absolute atomic E-state index is 0. The summed E-state index contributed by atoms with van der Waals surface area (Å²) >= 11 is 4.18. The van der Waals surface area contributed by atoms with Gasteiger partial charge in [-0.2, -0.15) is 105 Å². The molecule has 0 aliphatic rings. The van der Waals surface area contributed by atoms with Crippen molar-refractivity contribution in [3.63, 3.8) is 0 Å². The van der Waals surface area contributed by atoms with Gasteiger partial charge in [0.25, 0.3) is 22.7 Å². The summed E-state index contributed by atoms with van der Waals surface area (Å²) in [4.78, 5) is 0. The van der Waals surface area contributed by atoms with Crippen molar-refractivity contribution < 1.29 is 123 Å². The van der Waals surface area contributed by atoms with Gasteiger partial charge in [0.15, 0.2) is 0 Å². The standard InChI is InChI=1S/C14H15F14I.C12H11F14I.C2H4.Al.B.HN/c15-9(11(17,18)19,12(20,21)22)5-2-1-3-8(4-6-29)7-10(16,13(23,24)25)14(26,27)28;13-7(9(15,16)17,10(18,19)20)4-2-1-3-6(27)5-8(14,11(21,22)23)12(24,25)26;1-2;;;/h8H,1-7H2;6H,1-5H2;1-2H2;;;1H. The van der Waals surface area contributed by atoms with Crippen molar-refractivity contribution in [2.75, 3.05) is 4.43 Å². The first-order chi connectivity index (χ1) is 26.2. The average molecular weight is 1210 g/mol. The average Bonchev–Trinajstić information content (AvgIpc) is 3.02. The summed E-state index contributed by atoms with van der Waals surface area (Å²) in [6, 6.07) is 0. The molecule has 0 bridgehead atoms. The van der Waals surface area contributed by atoms with Gasteiger partial charge in [-0.15, -0.1) is 13.2 Å². The second kappa shape index (κ2) is 25.5. The molecule has 0 aromatic rings. The van der Waals surface area contributed by atoms with E-state index in [4.69, 9.17) is 4.35 Å². The van der Waals surface area contributed by atoms with Gasteiger partial charge in [0, 0.05) is 25.2 Å². The van der Waals surface area contributed by atoms with Gasteiger partial charge >= 0.3 is 69.9 Å². The van der Waals surface area contributed by atoms with Crippen LogP contribution in [0.25, 0.3) is 0 Å². The molecule has 0 amide bonds. The summed E-state index contributed by atoms with van der Waals surface area (Å²) in [7, 11) is 0. The molecular weight excluding hydrogens is 1170 g/mol. The third-order valence-electron chi connectivity index (χ3n) is 7.86. The van der Waals surface area contributed by atoms with Gasteiger partial charge in [0.05, 0.1) is 0 Å². The first-order valence-electron chi connectivity index (χ1n) is 15.5. The van der Waals surface area contributed by atoms with Gasteiger partial charge < -0.3 is 0 Å². The predicted octanol–water partition coefficient (Wildman–Crippen LogP) is 15.8. The molecule has 61 heavy (non-hydrogen) atoms. The molecule has 0 saturated heterocycles. The summed E-state index contributed by atoms with van der Waals surface area (Å²) < 4.78 is 356. The fourth-order valence-corrected chi connectivity index (χ4v) is 6.44. The Labute approximate surface area is 365 Å². The Hall–Kier alpha value is -0.363. The Morgan fingerprint density at radius 1 is 0.377 bits per heavy atom. The molecule has 0 rings (SSSR count). The Bertz CT molecular complexity index is 1150. The Kier molecular flexibility index (Phi) is 29.1. The third-order valence-corrected chi connectivity index (χ3v) is 9.54. The number of nitrogens with one attached hydrogen (secondary N) is 1. The topological polar surface area (TPSA) is 23.9 Å². The normalized spacial score (nSPS) is 15.2. The quantitative estimate of drug-likeness (QED) is 0.0398. The Morgan fingerprint density at radius 2 is 0.607 bits per heavy atom. The molecule has 0 heterocycles. The summed E-state index contributed by atoms with van der Waals surface area (Å²) in [6.45, 7) is 6.00. The zero-order valence-electron chi connectivity index (χ0n) is 30.0. The van der Waals surface area contributed by atoms with Gasteiger partial charge in [-0.05, 0) is 48.9 Å². The van der Waals surface area contributed by atoms with Crippen LogP contribution in [0.1, 0.15) is 70.6 Å². The Morgan fingerprint density at radius 3 is 0.836 bits per heavy atom. The van der Waals surface area contributed by atoms with E-state index in [1.54, 1.807) is 38.7 Å². The maximum absolute atomic E-state index is 13.8. The van der Waals surface area contributed by atoms with Crippen molar-refractivity contribution in [3.05, 3.63) is 13.2 Å². The summed E-state index contributed by atoms with van der Waals surface area (Å²) in [5, 5.41) is 0. The SMILES string of the molecule is C=C.FC(F)(F)C(F)(CCCCC(CCI)CC(F)(C(F)(F)F)C(F)(F)F)C(F)(F)F.FC(F)(F)C(F)(CCCCC(I)CC(F)(C(F)(F)F)C(F)(F)F)C(F)(F)F.[B].[NH]=[Al]. The van der Waals surface area contributed by atoms with Crippen molar-refractivity contribution >= 4 is 69.7 Å². The monoisotopic (exact) mass is 1210 g/mol. The first kappa shape index (κ1) is 69.7. The number of alkyl halides is 30. The molecule has 0 aliphatic carbocycles. The summed E-state index contributed by atoms with van der Waals surface area (Å²) in [5.41, 5.74) is -22.3. The second-order valence-electron chi connectivity index (χ2n) is 12.0. The molecule has 4 radical (unpaired) electrons. The predicted molar refractivity (Wildman–Crippen MR) is 180 cm³/mol. The molecule has 0 aromatic heterocycles. The number of hydrogen-bond donors (Lipinski definition) is 1. The summed E-state index contributed by atoms with van der Waals surface area (Å²) in [5.74, 6) is -1.65. The fourth-order valence-electron chi connectivity index (χ4n) is 4.52. The van der Waals surface area contributed by atoms with Gasteiger partial charge in [-0.3, -0.25) is 0 Å². The molecule has 0 aliphatic heterocycles. The maximum atomic E-state index is 13.8. The van der Waals surface area contributed by atoms with E-state index in [0.717, 1.165) is 22.6 Å². The van der Waals surface area contributed by atoms with E-state index in [0.29, 0.717) is 0 Å². The van der Waals surface area contributed by atoms with E-state index in [-0.39, 0.29) is 12.8 Å². The molecule has 1 nitrogen and oxygen atoms in total. The third kappa shape index (κ3) is 19.6. The number of rotatable bonds is 16. The molecule has 364 valence electrons. The molecule has 0 aromatic carbocycles. The Balaban J connectivity index is -0.000000312. The van der Waals surface area contributed by atoms with Crippen molar-refractivity contribution in [3.8, 4) is 0 Å². The molecule has 0 fully saturated rings. The second-order valence-corrected chi connectivity index (χ2v) is 14.9. The first-order valence-corrected chi connectivity index (χ1v) is 18.9. The van der Waals surface area contributed by atoms with Crippen molar-refractivity contribution in [1.29, 1.82) is 4.35 Å². The van der Waals surface area contributed by atoms with Crippen LogP contribution < -0.4 is 0 Å².